The Balaban J connectivity index is 1.69. The highest BCUT2D eigenvalue weighted by Gasteiger charge is 2.32. The van der Waals surface area contributed by atoms with E-state index in [4.69, 9.17) is 17.0 Å². The van der Waals surface area contributed by atoms with Crippen LogP contribution in [0.2, 0.25) is 0 Å². The van der Waals surface area contributed by atoms with Crippen LogP contribution in [0, 0.1) is 5.82 Å². The number of rotatable bonds is 4. The predicted octanol–water partition coefficient (Wildman–Crippen LogP) is 1.66. The standard InChI is InChI=1S/C16H20FN3O3S2/c1-11(24)18-9-13-10-20(16(21)23-13)12-2-3-15(14(17)8-12)19-4-6-25(22)7-5-19/h2-3,8,13H,4-7,9-10H2,1H3,(H,18,24)/t13-/m1/s1. The molecular weight excluding hydrogens is 365 g/mol. The number of nitrogens with zero attached hydrogens (tertiary/aromatic N) is 2. The van der Waals surface area contributed by atoms with Crippen LogP contribution < -0.4 is 15.1 Å². The Labute approximate surface area is 153 Å². The number of carbonyl (C=O) groups is 1. The average molecular weight is 385 g/mol. The number of amides is 1. The van der Waals surface area contributed by atoms with Crippen LogP contribution in [-0.4, -0.2) is 59.1 Å². The van der Waals surface area contributed by atoms with Crippen LogP contribution in [-0.2, 0) is 15.5 Å². The average Bonchev–Trinajstić information content (AvgIpc) is 2.95. The van der Waals surface area contributed by atoms with E-state index in [1.807, 2.05) is 4.90 Å². The molecule has 0 saturated carbocycles. The van der Waals surface area contributed by atoms with E-state index in [-0.39, 0.29) is 6.10 Å². The molecule has 1 atom stereocenters. The highest BCUT2D eigenvalue weighted by Crippen LogP contribution is 2.28. The first-order chi connectivity index (χ1) is 11.9. The van der Waals surface area contributed by atoms with Gasteiger partial charge in [0.1, 0.15) is 11.9 Å². The Bertz CT molecular complexity index is 706. The number of cyclic esters (lactones) is 1. The molecule has 2 aliphatic heterocycles. The van der Waals surface area contributed by atoms with E-state index in [1.165, 1.54) is 11.0 Å². The van der Waals surface area contributed by atoms with Crippen molar-refractivity contribution in [2.75, 3.05) is 47.5 Å². The number of nitrogens with one attached hydrogen (secondary N) is 1. The first-order valence-corrected chi connectivity index (χ1v) is 9.95. The van der Waals surface area contributed by atoms with Crippen molar-refractivity contribution in [3.05, 3.63) is 24.0 Å². The van der Waals surface area contributed by atoms with Crippen molar-refractivity contribution in [3.63, 3.8) is 0 Å². The number of carbonyl (C=O) groups excluding carboxylic acids is 1. The van der Waals surface area contributed by atoms with Gasteiger partial charge < -0.3 is 15.0 Å². The highest BCUT2D eigenvalue weighted by molar-refractivity contribution is 7.85. The van der Waals surface area contributed by atoms with Gasteiger partial charge in [-0.1, -0.05) is 12.2 Å². The fraction of sp³-hybridized carbons (Fsp3) is 0.500. The van der Waals surface area contributed by atoms with Gasteiger partial charge in [-0.05, 0) is 25.1 Å². The zero-order chi connectivity index (χ0) is 18.0. The molecule has 0 radical (unpaired) electrons. The number of anilines is 2. The fourth-order valence-electron chi connectivity index (χ4n) is 2.90. The van der Waals surface area contributed by atoms with Crippen molar-refractivity contribution in [3.8, 4) is 0 Å². The molecule has 1 aromatic carbocycles. The van der Waals surface area contributed by atoms with Crippen molar-refractivity contribution in [1.29, 1.82) is 0 Å². The summed E-state index contributed by atoms with van der Waals surface area (Å²) in [5.74, 6) is 0.704. The number of ether oxygens (including phenoxy) is 1. The lowest BCUT2D eigenvalue weighted by Gasteiger charge is -2.29. The zero-order valence-corrected chi connectivity index (χ0v) is 15.5. The minimum atomic E-state index is -0.811. The monoisotopic (exact) mass is 385 g/mol. The third kappa shape index (κ3) is 4.27. The van der Waals surface area contributed by atoms with Gasteiger partial charge in [0.2, 0.25) is 0 Å². The molecular formula is C16H20FN3O3S2. The van der Waals surface area contributed by atoms with Gasteiger partial charge in [0, 0.05) is 35.4 Å². The minimum Gasteiger partial charge on any atom is -0.442 e. The van der Waals surface area contributed by atoms with E-state index in [0.29, 0.717) is 54.0 Å². The van der Waals surface area contributed by atoms with Crippen LogP contribution in [0.4, 0.5) is 20.6 Å². The van der Waals surface area contributed by atoms with E-state index in [1.54, 1.807) is 19.1 Å². The predicted molar refractivity (Wildman–Crippen MR) is 100 cm³/mol. The molecule has 0 spiro atoms. The van der Waals surface area contributed by atoms with E-state index in [9.17, 15) is 13.4 Å². The summed E-state index contributed by atoms with van der Waals surface area (Å²) in [6.07, 6.45) is -0.820. The molecule has 0 aromatic heterocycles. The second-order valence-electron chi connectivity index (χ2n) is 6.02. The third-order valence-corrected chi connectivity index (χ3v) is 5.63. The first kappa shape index (κ1) is 18.1. The molecule has 136 valence electrons. The van der Waals surface area contributed by atoms with Crippen LogP contribution in [0.1, 0.15) is 6.92 Å². The van der Waals surface area contributed by atoms with Gasteiger partial charge in [-0.3, -0.25) is 9.11 Å². The van der Waals surface area contributed by atoms with Gasteiger partial charge in [-0.25, -0.2) is 9.18 Å². The molecule has 3 rings (SSSR count). The Morgan fingerprint density at radius 2 is 2.16 bits per heavy atom. The number of benzene rings is 1. The lowest BCUT2D eigenvalue weighted by Crippen LogP contribution is -2.38. The highest BCUT2D eigenvalue weighted by atomic mass is 32.2. The van der Waals surface area contributed by atoms with Gasteiger partial charge >= 0.3 is 6.09 Å². The summed E-state index contributed by atoms with van der Waals surface area (Å²) in [4.78, 5) is 16.0. The largest absolute Gasteiger partial charge is 0.442 e. The molecule has 2 heterocycles. The second kappa shape index (κ2) is 7.65. The number of hydrogen-bond donors (Lipinski definition) is 1. The number of hydrogen-bond acceptors (Lipinski definition) is 5. The maximum Gasteiger partial charge on any atom is 0.414 e. The third-order valence-electron chi connectivity index (χ3n) is 4.21. The summed E-state index contributed by atoms with van der Waals surface area (Å²) in [6, 6.07) is 4.73. The van der Waals surface area contributed by atoms with Crippen molar-refractivity contribution in [2.45, 2.75) is 13.0 Å². The van der Waals surface area contributed by atoms with Gasteiger partial charge in [0.25, 0.3) is 0 Å². The molecule has 2 aliphatic rings. The lowest BCUT2D eigenvalue weighted by molar-refractivity contribution is 0.143. The maximum absolute atomic E-state index is 14.5. The Morgan fingerprint density at radius 1 is 1.44 bits per heavy atom. The van der Waals surface area contributed by atoms with Gasteiger partial charge in [0.15, 0.2) is 0 Å². The quantitative estimate of drug-likeness (QED) is 0.796. The first-order valence-electron chi connectivity index (χ1n) is 8.06. The Kier molecular flexibility index (Phi) is 5.53. The summed E-state index contributed by atoms with van der Waals surface area (Å²) >= 11 is 4.94. The van der Waals surface area contributed by atoms with Crippen molar-refractivity contribution < 1.29 is 18.1 Å². The molecule has 25 heavy (non-hydrogen) atoms. The molecule has 2 saturated heterocycles. The Morgan fingerprint density at radius 3 is 2.80 bits per heavy atom. The molecule has 2 fully saturated rings. The summed E-state index contributed by atoms with van der Waals surface area (Å²) in [5.41, 5.74) is 0.941. The molecule has 1 amide bonds. The number of halogens is 1. The molecule has 1 aromatic rings. The smallest absolute Gasteiger partial charge is 0.414 e. The number of thiocarbonyl (C=S) groups is 1. The van der Waals surface area contributed by atoms with E-state index >= 15 is 0 Å². The van der Waals surface area contributed by atoms with Crippen LogP contribution in [0.3, 0.4) is 0 Å². The molecule has 1 N–H and O–H groups in total. The minimum absolute atomic E-state index is 0.329. The summed E-state index contributed by atoms with van der Waals surface area (Å²) < 4.78 is 31.2. The zero-order valence-electron chi connectivity index (χ0n) is 13.9. The van der Waals surface area contributed by atoms with E-state index < -0.39 is 22.7 Å². The molecule has 9 heteroatoms. The normalized spacial score (nSPS) is 21.4. The summed E-state index contributed by atoms with van der Waals surface area (Å²) in [5, 5.41) is 2.97. The maximum atomic E-state index is 14.5. The van der Waals surface area contributed by atoms with Gasteiger partial charge in [0.05, 0.1) is 29.5 Å². The van der Waals surface area contributed by atoms with Crippen LogP contribution >= 0.6 is 12.2 Å². The van der Waals surface area contributed by atoms with E-state index in [2.05, 4.69) is 5.32 Å². The van der Waals surface area contributed by atoms with Crippen molar-refractivity contribution in [1.82, 2.24) is 5.32 Å². The Hall–Kier alpha value is -1.74. The molecule has 0 bridgehead atoms. The lowest BCUT2D eigenvalue weighted by atomic mass is 10.2. The van der Waals surface area contributed by atoms with Crippen LogP contribution in [0.15, 0.2) is 18.2 Å². The van der Waals surface area contributed by atoms with Crippen LogP contribution in [0.25, 0.3) is 0 Å². The molecule has 0 aliphatic carbocycles. The van der Waals surface area contributed by atoms with Gasteiger partial charge in [-0.2, -0.15) is 0 Å². The second-order valence-corrected chi connectivity index (χ2v) is 8.33. The summed E-state index contributed by atoms with van der Waals surface area (Å²) in [6.45, 7) is 3.67. The van der Waals surface area contributed by atoms with Crippen LogP contribution in [0.5, 0.6) is 0 Å². The fourth-order valence-corrected chi connectivity index (χ4v) is 4.03. The molecule has 0 unspecified atom stereocenters. The SMILES string of the molecule is CC(=S)NC[C@@H]1CN(c2ccc(N3CCS(=O)CC3)c(F)c2)C(=O)O1. The van der Waals surface area contributed by atoms with Crippen molar-refractivity contribution >= 4 is 45.5 Å². The molecule has 6 nitrogen and oxygen atoms in total. The van der Waals surface area contributed by atoms with Crippen molar-refractivity contribution in [2.24, 2.45) is 0 Å². The van der Waals surface area contributed by atoms with E-state index in [0.717, 1.165) is 0 Å². The summed E-state index contributed by atoms with van der Waals surface area (Å²) in [7, 11) is -0.811. The topological polar surface area (TPSA) is 61.9 Å². The van der Waals surface area contributed by atoms with Gasteiger partial charge in [-0.15, -0.1) is 0 Å².